The van der Waals surface area contributed by atoms with Gasteiger partial charge in [0.1, 0.15) is 12.4 Å². The van der Waals surface area contributed by atoms with Crippen LogP contribution in [0, 0.1) is 0 Å². The second-order valence-electron chi connectivity index (χ2n) is 6.04. The Hall–Kier alpha value is -1.46. The van der Waals surface area contributed by atoms with Gasteiger partial charge in [0, 0.05) is 24.7 Å². The third-order valence-electron chi connectivity index (χ3n) is 4.25. The predicted molar refractivity (Wildman–Crippen MR) is 93.2 cm³/mol. The summed E-state index contributed by atoms with van der Waals surface area (Å²) < 4.78 is 5.60. The summed E-state index contributed by atoms with van der Waals surface area (Å²) in [7, 11) is 3.90. The van der Waals surface area contributed by atoms with E-state index in [1.165, 1.54) is 12.8 Å². The maximum absolute atomic E-state index is 12.1. The fourth-order valence-electron chi connectivity index (χ4n) is 2.70. The Labute approximate surface area is 143 Å². The molecule has 2 amide bonds. The molecule has 0 spiro atoms. The topological polar surface area (TPSA) is 44.8 Å². The zero-order chi connectivity index (χ0) is 16.7. The smallest absolute Gasteiger partial charge is 0.317 e. The summed E-state index contributed by atoms with van der Waals surface area (Å²) in [6.07, 6.45) is 3.65. The van der Waals surface area contributed by atoms with Crippen molar-refractivity contribution in [2.24, 2.45) is 0 Å². The van der Waals surface area contributed by atoms with Crippen LogP contribution in [0.25, 0.3) is 0 Å². The van der Waals surface area contributed by atoms with Gasteiger partial charge in [0.2, 0.25) is 0 Å². The van der Waals surface area contributed by atoms with Crippen molar-refractivity contribution in [1.29, 1.82) is 0 Å². The maximum atomic E-state index is 12.1. The van der Waals surface area contributed by atoms with Gasteiger partial charge in [-0.25, -0.2) is 4.79 Å². The third kappa shape index (κ3) is 5.92. The molecule has 1 N–H and O–H groups in total. The molecule has 0 bridgehead atoms. The molecule has 5 nitrogen and oxygen atoms in total. The summed E-state index contributed by atoms with van der Waals surface area (Å²) in [6.45, 7) is 2.78. The molecule has 1 saturated heterocycles. The number of amides is 2. The first-order chi connectivity index (χ1) is 11.1. The number of carbonyl (C=O) groups is 1. The van der Waals surface area contributed by atoms with E-state index in [4.69, 9.17) is 16.3 Å². The molecular weight excluding hydrogens is 314 g/mol. The van der Waals surface area contributed by atoms with E-state index in [0.29, 0.717) is 30.8 Å². The van der Waals surface area contributed by atoms with E-state index in [1.54, 1.807) is 24.1 Å². The molecule has 1 aromatic carbocycles. The molecule has 1 aromatic rings. The highest BCUT2D eigenvalue weighted by atomic mass is 35.5. The predicted octanol–water partition coefficient (Wildman–Crippen LogP) is 2.84. The number of rotatable bonds is 6. The van der Waals surface area contributed by atoms with Gasteiger partial charge in [-0.15, -0.1) is 0 Å². The van der Waals surface area contributed by atoms with E-state index >= 15 is 0 Å². The first kappa shape index (κ1) is 17.9. The van der Waals surface area contributed by atoms with Crippen molar-refractivity contribution in [3.8, 4) is 5.75 Å². The van der Waals surface area contributed by atoms with Gasteiger partial charge in [-0.05, 0) is 44.6 Å². The average Bonchev–Trinajstić information content (AvgIpc) is 2.54. The van der Waals surface area contributed by atoms with Crippen LogP contribution >= 0.6 is 11.6 Å². The molecular formula is C17H26ClN3O2. The number of nitrogens with zero attached hydrogens (tertiary/aromatic N) is 2. The second kappa shape index (κ2) is 8.99. The number of likely N-dealkylation sites (N-methyl/N-ethyl adjacent to an activating group) is 2. The number of piperidine rings is 1. The van der Waals surface area contributed by atoms with Gasteiger partial charge in [0.25, 0.3) is 0 Å². The first-order valence-electron chi connectivity index (χ1n) is 8.14. The van der Waals surface area contributed by atoms with Gasteiger partial charge < -0.3 is 19.9 Å². The van der Waals surface area contributed by atoms with Gasteiger partial charge in [0.05, 0.1) is 6.54 Å². The SMILES string of the molecule is CN(CCOc1cccc(Cl)c1)C(=O)NCC1CCCCN1C. The molecule has 1 heterocycles. The van der Waals surface area contributed by atoms with Crippen molar-refractivity contribution in [1.82, 2.24) is 15.1 Å². The Morgan fingerprint density at radius 2 is 2.30 bits per heavy atom. The summed E-state index contributed by atoms with van der Waals surface area (Å²) >= 11 is 5.91. The number of halogens is 1. The highest BCUT2D eigenvalue weighted by molar-refractivity contribution is 6.30. The molecule has 128 valence electrons. The lowest BCUT2D eigenvalue weighted by Gasteiger charge is -2.33. The zero-order valence-electron chi connectivity index (χ0n) is 13.9. The third-order valence-corrected chi connectivity index (χ3v) is 4.48. The number of likely N-dealkylation sites (tertiary alicyclic amines) is 1. The van der Waals surface area contributed by atoms with Crippen LogP contribution in [0.4, 0.5) is 4.79 Å². The van der Waals surface area contributed by atoms with Crippen molar-refractivity contribution in [3.63, 3.8) is 0 Å². The van der Waals surface area contributed by atoms with E-state index in [1.807, 2.05) is 12.1 Å². The van der Waals surface area contributed by atoms with Gasteiger partial charge in [-0.1, -0.05) is 24.1 Å². The summed E-state index contributed by atoms with van der Waals surface area (Å²) in [4.78, 5) is 16.1. The Morgan fingerprint density at radius 3 is 3.04 bits per heavy atom. The largest absolute Gasteiger partial charge is 0.492 e. The number of benzene rings is 1. The Bertz CT molecular complexity index is 512. The quantitative estimate of drug-likeness (QED) is 0.866. The summed E-state index contributed by atoms with van der Waals surface area (Å²) in [5.74, 6) is 0.718. The lowest BCUT2D eigenvalue weighted by atomic mass is 10.0. The molecule has 1 aliphatic rings. The second-order valence-corrected chi connectivity index (χ2v) is 6.48. The lowest BCUT2D eigenvalue weighted by molar-refractivity contribution is 0.169. The maximum Gasteiger partial charge on any atom is 0.317 e. The minimum Gasteiger partial charge on any atom is -0.492 e. The van der Waals surface area contributed by atoms with Crippen molar-refractivity contribution >= 4 is 17.6 Å². The molecule has 6 heteroatoms. The molecule has 0 radical (unpaired) electrons. The van der Waals surface area contributed by atoms with Gasteiger partial charge in [0.15, 0.2) is 0 Å². The normalized spacial score (nSPS) is 18.5. The molecule has 0 aromatic heterocycles. The molecule has 1 atom stereocenters. The van der Waals surface area contributed by atoms with E-state index < -0.39 is 0 Å². The number of nitrogens with one attached hydrogen (secondary N) is 1. The van der Waals surface area contributed by atoms with Crippen molar-refractivity contribution in [3.05, 3.63) is 29.3 Å². The summed E-state index contributed by atoms with van der Waals surface area (Å²) in [5, 5.41) is 3.65. The monoisotopic (exact) mass is 339 g/mol. The minimum absolute atomic E-state index is 0.0568. The number of ether oxygens (including phenoxy) is 1. The van der Waals surface area contributed by atoms with Crippen molar-refractivity contribution < 1.29 is 9.53 Å². The zero-order valence-corrected chi connectivity index (χ0v) is 14.7. The molecule has 1 aliphatic heterocycles. The Kier molecular flexibility index (Phi) is 6.99. The Balaban J connectivity index is 1.66. The van der Waals surface area contributed by atoms with Crippen LogP contribution < -0.4 is 10.1 Å². The van der Waals surface area contributed by atoms with Crippen LogP contribution in [-0.4, -0.2) is 62.2 Å². The molecule has 1 fully saturated rings. The summed E-state index contributed by atoms with van der Waals surface area (Å²) in [6, 6.07) is 7.65. The van der Waals surface area contributed by atoms with E-state index in [-0.39, 0.29) is 6.03 Å². The summed E-state index contributed by atoms with van der Waals surface area (Å²) in [5.41, 5.74) is 0. The van der Waals surface area contributed by atoms with E-state index in [0.717, 1.165) is 18.7 Å². The van der Waals surface area contributed by atoms with Gasteiger partial charge in [-0.3, -0.25) is 0 Å². The molecule has 0 aliphatic carbocycles. The van der Waals surface area contributed by atoms with Crippen molar-refractivity contribution in [2.45, 2.75) is 25.3 Å². The molecule has 2 rings (SSSR count). The molecule has 1 unspecified atom stereocenters. The minimum atomic E-state index is -0.0568. The van der Waals surface area contributed by atoms with Crippen LogP contribution in [0.1, 0.15) is 19.3 Å². The molecule has 23 heavy (non-hydrogen) atoms. The van der Waals surface area contributed by atoms with Crippen LogP contribution in [0.2, 0.25) is 5.02 Å². The lowest BCUT2D eigenvalue weighted by Crippen LogP contribution is -2.47. The number of urea groups is 1. The van der Waals surface area contributed by atoms with Crippen LogP contribution in [-0.2, 0) is 0 Å². The average molecular weight is 340 g/mol. The van der Waals surface area contributed by atoms with E-state index in [9.17, 15) is 4.79 Å². The fourth-order valence-corrected chi connectivity index (χ4v) is 2.88. The van der Waals surface area contributed by atoms with Crippen molar-refractivity contribution in [2.75, 3.05) is 40.3 Å². The van der Waals surface area contributed by atoms with Crippen LogP contribution in [0.15, 0.2) is 24.3 Å². The number of hydrogen-bond donors (Lipinski definition) is 1. The number of carbonyl (C=O) groups excluding carboxylic acids is 1. The highest BCUT2D eigenvalue weighted by Gasteiger charge is 2.19. The standard InChI is InChI=1S/C17H26ClN3O2/c1-20-9-4-3-7-15(20)13-19-17(22)21(2)10-11-23-16-8-5-6-14(18)12-16/h5-6,8,12,15H,3-4,7,9-11,13H2,1-2H3,(H,19,22). The fraction of sp³-hybridized carbons (Fsp3) is 0.588. The van der Waals surface area contributed by atoms with Crippen LogP contribution in [0.3, 0.4) is 0 Å². The van der Waals surface area contributed by atoms with Crippen LogP contribution in [0.5, 0.6) is 5.75 Å². The van der Waals surface area contributed by atoms with Gasteiger partial charge in [-0.2, -0.15) is 0 Å². The highest BCUT2D eigenvalue weighted by Crippen LogP contribution is 2.17. The van der Waals surface area contributed by atoms with E-state index in [2.05, 4.69) is 17.3 Å². The van der Waals surface area contributed by atoms with Gasteiger partial charge >= 0.3 is 6.03 Å². The Morgan fingerprint density at radius 1 is 1.48 bits per heavy atom. The first-order valence-corrected chi connectivity index (χ1v) is 8.51. The molecule has 0 saturated carbocycles. The number of hydrogen-bond acceptors (Lipinski definition) is 3.